The molecule has 29 heavy (non-hydrogen) atoms. The number of nitrogens with two attached hydrogens (primary N) is 1. The Morgan fingerprint density at radius 1 is 1.00 bits per heavy atom. The highest BCUT2D eigenvalue weighted by Crippen LogP contribution is 2.26. The molecule has 2 atom stereocenters. The van der Waals surface area contributed by atoms with E-state index in [-0.39, 0.29) is 18.4 Å². The number of carbonyl (C=O) groups excluding carboxylic acids is 3. The fourth-order valence-corrected chi connectivity index (χ4v) is 3.12. The van der Waals surface area contributed by atoms with E-state index in [4.69, 9.17) is 17.3 Å². The highest BCUT2D eigenvalue weighted by molar-refractivity contribution is 6.31. The van der Waals surface area contributed by atoms with Crippen LogP contribution in [0, 0.1) is 5.82 Å². The topological polar surface area (TPSA) is 111 Å². The molecule has 0 radical (unpaired) electrons. The molecule has 2 aromatic rings. The summed E-state index contributed by atoms with van der Waals surface area (Å²) < 4.78 is 18.8. The Morgan fingerprint density at radius 3 is 2.17 bits per heavy atom. The average Bonchev–Trinajstić information content (AvgIpc) is 2.67. The van der Waals surface area contributed by atoms with Crippen molar-refractivity contribution in [2.45, 2.75) is 24.9 Å². The van der Waals surface area contributed by atoms with Crippen molar-refractivity contribution in [3.8, 4) is 0 Å². The van der Waals surface area contributed by atoms with E-state index in [1.165, 1.54) is 25.3 Å². The van der Waals surface area contributed by atoms with Crippen LogP contribution in [0.5, 0.6) is 0 Å². The van der Waals surface area contributed by atoms with Crippen molar-refractivity contribution in [2.24, 2.45) is 5.73 Å². The molecule has 2 aromatic carbocycles. The van der Waals surface area contributed by atoms with E-state index in [9.17, 15) is 18.8 Å². The number of esters is 1. The van der Waals surface area contributed by atoms with E-state index in [0.717, 1.165) is 0 Å². The number of halogens is 2. The van der Waals surface area contributed by atoms with Gasteiger partial charge < -0.3 is 21.1 Å². The highest BCUT2D eigenvalue weighted by Gasteiger charge is 2.25. The fraction of sp³-hybridized carbons (Fsp3) is 0.250. The Hall–Kier alpha value is -3.13. The molecule has 0 aliphatic carbocycles. The lowest BCUT2D eigenvalue weighted by Gasteiger charge is -2.22. The van der Waals surface area contributed by atoms with Crippen LogP contribution in [0.1, 0.15) is 36.1 Å². The second-order valence-corrected chi connectivity index (χ2v) is 6.62. The van der Waals surface area contributed by atoms with Crippen molar-refractivity contribution in [3.05, 3.63) is 70.5 Å². The summed E-state index contributed by atoms with van der Waals surface area (Å²) in [5.74, 6) is -1.67. The van der Waals surface area contributed by atoms with Crippen LogP contribution >= 0.6 is 11.6 Å². The average molecular weight is 422 g/mol. The van der Waals surface area contributed by atoms with Gasteiger partial charge in [-0.05, 0) is 17.7 Å². The minimum absolute atomic E-state index is 0.115. The molecule has 0 aliphatic rings. The molecule has 0 aliphatic heterocycles. The molecule has 9 heteroatoms. The van der Waals surface area contributed by atoms with Crippen LogP contribution < -0.4 is 16.4 Å². The van der Waals surface area contributed by atoms with E-state index in [0.29, 0.717) is 10.6 Å². The van der Waals surface area contributed by atoms with Crippen LogP contribution in [0.3, 0.4) is 0 Å². The number of hydrogen-bond donors (Lipinski definition) is 3. The quantitative estimate of drug-likeness (QED) is 0.569. The number of methoxy groups -OCH3 is 1. The predicted octanol–water partition coefficient (Wildman–Crippen LogP) is 3.00. The smallest absolute Gasteiger partial charge is 0.312 e. The van der Waals surface area contributed by atoms with Gasteiger partial charge in [0.05, 0.1) is 32.0 Å². The van der Waals surface area contributed by atoms with Gasteiger partial charge in [0.1, 0.15) is 5.82 Å². The second kappa shape index (κ2) is 10.4. The van der Waals surface area contributed by atoms with E-state index in [2.05, 4.69) is 15.4 Å². The lowest BCUT2D eigenvalue weighted by molar-refractivity contribution is -0.141. The molecule has 3 amide bonds. The molecule has 0 saturated carbocycles. The van der Waals surface area contributed by atoms with Gasteiger partial charge in [-0.15, -0.1) is 0 Å². The third-order valence-corrected chi connectivity index (χ3v) is 4.55. The molecule has 0 heterocycles. The molecular formula is C20H21ClFN3O4. The summed E-state index contributed by atoms with van der Waals surface area (Å²) in [5, 5.41) is 5.42. The van der Waals surface area contributed by atoms with Gasteiger partial charge in [0.2, 0.25) is 5.91 Å². The maximum atomic E-state index is 14.1. The first-order valence-electron chi connectivity index (χ1n) is 8.72. The zero-order valence-corrected chi connectivity index (χ0v) is 16.4. The lowest BCUT2D eigenvalue weighted by Crippen LogP contribution is -2.38. The minimum Gasteiger partial charge on any atom is -0.469 e. The van der Waals surface area contributed by atoms with Crippen molar-refractivity contribution in [1.29, 1.82) is 0 Å². The molecule has 0 spiro atoms. The monoisotopic (exact) mass is 421 g/mol. The number of hydrogen-bond acceptors (Lipinski definition) is 4. The Labute approximate surface area is 172 Å². The van der Waals surface area contributed by atoms with E-state index in [1.807, 2.05) is 0 Å². The third-order valence-electron chi connectivity index (χ3n) is 4.20. The maximum Gasteiger partial charge on any atom is 0.312 e. The Balaban J connectivity index is 2.22. The highest BCUT2D eigenvalue weighted by atomic mass is 35.5. The number of primary amides is 1. The zero-order chi connectivity index (χ0) is 21.4. The number of urea groups is 1. The third kappa shape index (κ3) is 6.46. The van der Waals surface area contributed by atoms with Gasteiger partial charge in [0.25, 0.3) is 0 Å². The summed E-state index contributed by atoms with van der Waals surface area (Å²) in [7, 11) is 1.23. The van der Waals surface area contributed by atoms with Crippen molar-refractivity contribution >= 4 is 29.5 Å². The fourth-order valence-electron chi connectivity index (χ4n) is 2.85. The van der Waals surface area contributed by atoms with Crippen LogP contribution in [0.2, 0.25) is 5.02 Å². The molecule has 0 fully saturated rings. The zero-order valence-electron chi connectivity index (χ0n) is 15.7. The molecule has 0 bridgehead atoms. The number of ether oxygens (including phenoxy) is 1. The van der Waals surface area contributed by atoms with Crippen LogP contribution in [0.15, 0.2) is 48.5 Å². The number of rotatable bonds is 8. The van der Waals surface area contributed by atoms with Gasteiger partial charge in [-0.1, -0.05) is 48.0 Å². The molecule has 2 rings (SSSR count). The van der Waals surface area contributed by atoms with Crippen molar-refractivity contribution in [3.63, 3.8) is 0 Å². The van der Waals surface area contributed by atoms with Crippen molar-refractivity contribution in [2.75, 3.05) is 7.11 Å². The molecule has 154 valence electrons. The largest absolute Gasteiger partial charge is 0.469 e. The Bertz CT molecular complexity index is 894. The molecule has 0 unspecified atom stereocenters. The van der Waals surface area contributed by atoms with Crippen LogP contribution in [0.4, 0.5) is 9.18 Å². The summed E-state index contributed by atoms with van der Waals surface area (Å²) in [6.45, 7) is 0. The van der Waals surface area contributed by atoms with Gasteiger partial charge >= 0.3 is 12.0 Å². The number of amides is 3. The predicted molar refractivity (Wildman–Crippen MR) is 105 cm³/mol. The van der Waals surface area contributed by atoms with Crippen molar-refractivity contribution in [1.82, 2.24) is 10.6 Å². The first kappa shape index (κ1) is 22.2. The first-order valence-corrected chi connectivity index (χ1v) is 9.10. The van der Waals surface area contributed by atoms with Gasteiger partial charge in [-0.2, -0.15) is 0 Å². The van der Waals surface area contributed by atoms with Crippen LogP contribution in [-0.4, -0.2) is 25.0 Å². The normalized spacial score (nSPS) is 12.5. The Kier molecular flexibility index (Phi) is 7.97. The molecule has 0 saturated heterocycles. The number of benzene rings is 2. The van der Waals surface area contributed by atoms with E-state index >= 15 is 0 Å². The number of nitrogens with one attached hydrogen (secondary N) is 2. The molecule has 4 N–H and O–H groups in total. The Morgan fingerprint density at radius 2 is 1.59 bits per heavy atom. The van der Waals surface area contributed by atoms with Gasteiger partial charge in [0.15, 0.2) is 0 Å². The lowest BCUT2D eigenvalue weighted by atomic mass is 10.0. The summed E-state index contributed by atoms with van der Waals surface area (Å²) in [4.78, 5) is 35.8. The maximum absolute atomic E-state index is 14.1. The minimum atomic E-state index is -0.987. The van der Waals surface area contributed by atoms with E-state index in [1.54, 1.807) is 30.3 Å². The summed E-state index contributed by atoms with van der Waals surface area (Å²) in [6.07, 6.45) is -0.453. The standard InChI is InChI=1S/C20H21ClFN3O4/c1-29-19(27)11-17(12-6-2-4-8-14(12)21)24-18(26)10-16(25-20(23)28)13-7-3-5-9-15(13)22/h2-9,16-17H,10-11H2,1H3,(H,24,26)(H3,23,25,28)/t16-,17-/m1/s1. The van der Waals surface area contributed by atoms with Crippen LogP contribution in [-0.2, 0) is 14.3 Å². The van der Waals surface area contributed by atoms with Gasteiger partial charge in [0, 0.05) is 10.6 Å². The molecule has 0 aromatic heterocycles. The molecular weight excluding hydrogens is 401 g/mol. The summed E-state index contributed by atoms with van der Waals surface area (Å²) in [5.41, 5.74) is 5.81. The van der Waals surface area contributed by atoms with Gasteiger partial charge in [-0.3, -0.25) is 9.59 Å². The number of carbonyl (C=O) groups is 3. The summed E-state index contributed by atoms with van der Waals surface area (Å²) >= 11 is 6.19. The molecule has 7 nitrogen and oxygen atoms in total. The SMILES string of the molecule is COC(=O)C[C@@H](NC(=O)C[C@@H](NC(N)=O)c1ccccc1F)c1ccccc1Cl. The van der Waals surface area contributed by atoms with Gasteiger partial charge in [-0.25, -0.2) is 9.18 Å². The first-order chi connectivity index (χ1) is 13.8. The second-order valence-electron chi connectivity index (χ2n) is 6.21. The summed E-state index contributed by atoms with van der Waals surface area (Å²) in [6, 6.07) is 9.81. The van der Waals surface area contributed by atoms with E-state index < -0.39 is 35.8 Å². The van der Waals surface area contributed by atoms with Crippen LogP contribution in [0.25, 0.3) is 0 Å². The van der Waals surface area contributed by atoms with Crippen molar-refractivity contribution < 1.29 is 23.5 Å².